The average Bonchev–Trinajstić information content (AvgIpc) is 3.14. The summed E-state index contributed by atoms with van der Waals surface area (Å²) in [5, 5.41) is 22.3. The zero-order valence-electron chi connectivity index (χ0n) is 14.0. The van der Waals surface area contributed by atoms with Gasteiger partial charge in [0.1, 0.15) is 5.82 Å². The average molecular weight is 388 g/mol. The van der Waals surface area contributed by atoms with E-state index in [2.05, 4.69) is 15.5 Å². The van der Waals surface area contributed by atoms with Crippen molar-refractivity contribution in [2.75, 3.05) is 17.7 Å². The molecule has 0 saturated carbocycles. The molecular weight excluding hydrogens is 375 g/mol. The molecule has 0 N–H and O–H groups in total. The second kappa shape index (κ2) is 7.91. The number of amides is 1. The van der Waals surface area contributed by atoms with Crippen LogP contribution in [0.2, 0.25) is 0 Å². The third-order valence-electron chi connectivity index (χ3n) is 3.64. The van der Waals surface area contributed by atoms with E-state index in [1.54, 1.807) is 13.1 Å². The van der Waals surface area contributed by atoms with E-state index in [1.165, 1.54) is 52.0 Å². The maximum atomic E-state index is 13.4. The Hall–Kier alpha value is -3.34. The van der Waals surface area contributed by atoms with Gasteiger partial charge in [0.25, 0.3) is 5.69 Å². The molecule has 27 heavy (non-hydrogen) atoms. The Labute approximate surface area is 156 Å². The van der Waals surface area contributed by atoms with Crippen LogP contribution >= 0.6 is 11.8 Å². The second-order valence-electron chi connectivity index (χ2n) is 5.37. The Bertz CT molecular complexity index is 978. The van der Waals surface area contributed by atoms with Gasteiger partial charge in [-0.05, 0) is 40.8 Å². The third kappa shape index (κ3) is 4.26. The van der Waals surface area contributed by atoms with Crippen LogP contribution < -0.4 is 4.90 Å². The summed E-state index contributed by atoms with van der Waals surface area (Å²) in [6.45, 7) is 0. The van der Waals surface area contributed by atoms with Gasteiger partial charge in [-0.15, -0.1) is 5.10 Å². The van der Waals surface area contributed by atoms with Gasteiger partial charge in [0.05, 0.1) is 16.4 Å². The highest BCUT2D eigenvalue weighted by atomic mass is 32.2. The Morgan fingerprint density at radius 3 is 2.70 bits per heavy atom. The number of nitrogens with zero attached hydrogens (tertiary/aromatic N) is 6. The number of nitro benzene ring substituents is 1. The lowest BCUT2D eigenvalue weighted by atomic mass is 10.2. The van der Waals surface area contributed by atoms with E-state index < -0.39 is 10.7 Å². The van der Waals surface area contributed by atoms with Crippen molar-refractivity contribution < 1.29 is 14.1 Å². The molecule has 3 aromatic rings. The molecule has 0 unspecified atom stereocenters. The maximum Gasteiger partial charge on any atom is 0.269 e. The number of nitro groups is 1. The van der Waals surface area contributed by atoms with Crippen LogP contribution in [0.1, 0.15) is 0 Å². The Balaban J connectivity index is 1.67. The Morgan fingerprint density at radius 2 is 2.04 bits per heavy atom. The monoisotopic (exact) mass is 388 g/mol. The maximum absolute atomic E-state index is 13.4. The lowest BCUT2D eigenvalue weighted by molar-refractivity contribution is -0.384. The minimum Gasteiger partial charge on any atom is -0.315 e. The molecule has 1 aromatic heterocycles. The highest BCUT2D eigenvalue weighted by molar-refractivity contribution is 7.99. The molecule has 138 valence electrons. The number of hydrogen-bond donors (Lipinski definition) is 0. The van der Waals surface area contributed by atoms with E-state index >= 15 is 0 Å². The molecule has 0 spiro atoms. The summed E-state index contributed by atoms with van der Waals surface area (Å²) in [5.41, 5.74) is 0.915. The van der Waals surface area contributed by atoms with Crippen LogP contribution in [0.15, 0.2) is 53.7 Å². The Morgan fingerprint density at radius 1 is 1.30 bits per heavy atom. The van der Waals surface area contributed by atoms with Gasteiger partial charge in [0.15, 0.2) is 0 Å². The summed E-state index contributed by atoms with van der Waals surface area (Å²) in [6, 6.07) is 11.4. The minimum atomic E-state index is -0.506. The smallest absolute Gasteiger partial charge is 0.269 e. The van der Waals surface area contributed by atoms with Crippen LogP contribution in [-0.2, 0) is 4.79 Å². The minimum absolute atomic E-state index is 0.0309. The first-order chi connectivity index (χ1) is 13.0. The number of carbonyl (C=O) groups is 1. The van der Waals surface area contributed by atoms with Crippen LogP contribution in [0.25, 0.3) is 5.69 Å². The molecule has 1 heterocycles. The number of non-ortho nitro benzene ring substituents is 1. The molecule has 0 atom stereocenters. The molecular formula is C16H13FN6O3S. The molecule has 9 nitrogen and oxygen atoms in total. The lowest BCUT2D eigenvalue weighted by Crippen LogP contribution is -2.28. The molecule has 0 bridgehead atoms. The fraction of sp³-hybridized carbons (Fsp3) is 0.125. The van der Waals surface area contributed by atoms with E-state index in [0.717, 1.165) is 11.8 Å². The first-order valence-corrected chi connectivity index (χ1v) is 8.62. The second-order valence-corrected chi connectivity index (χ2v) is 6.31. The predicted molar refractivity (Wildman–Crippen MR) is 96.3 cm³/mol. The van der Waals surface area contributed by atoms with Crippen LogP contribution in [0.4, 0.5) is 15.8 Å². The molecule has 0 saturated heterocycles. The quantitative estimate of drug-likeness (QED) is 0.363. The zero-order valence-corrected chi connectivity index (χ0v) is 14.8. The van der Waals surface area contributed by atoms with Crippen molar-refractivity contribution in [3.05, 3.63) is 64.5 Å². The first kappa shape index (κ1) is 18.5. The van der Waals surface area contributed by atoms with Gasteiger partial charge in [0, 0.05) is 24.9 Å². The van der Waals surface area contributed by atoms with E-state index in [1.807, 2.05) is 0 Å². The van der Waals surface area contributed by atoms with E-state index in [9.17, 15) is 19.3 Å². The molecule has 0 aliphatic heterocycles. The fourth-order valence-corrected chi connectivity index (χ4v) is 3.01. The van der Waals surface area contributed by atoms with Crippen LogP contribution in [0.3, 0.4) is 0 Å². The van der Waals surface area contributed by atoms with E-state index in [-0.39, 0.29) is 17.3 Å². The Kier molecular flexibility index (Phi) is 5.41. The van der Waals surface area contributed by atoms with Crippen molar-refractivity contribution in [2.45, 2.75) is 5.16 Å². The number of rotatable bonds is 6. The van der Waals surface area contributed by atoms with Crippen molar-refractivity contribution >= 4 is 29.0 Å². The van der Waals surface area contributed by atoms with Gasteiger partial charge < -0.3 is 4.90 Å². The summed E-state index contributed by atoms with van der Waals surface area (Å²) >= 11 is 1.10. The lowest BCUT2D eigenvalue weighted by Gasteiger charge is -2.16. The zero-order chi connectivity index (χ0) is 19.4. The molecule has 0 fully saturated rings. The summed E-state index contributed by atoms with van der Waals surface area (Å²) in [7, 11) is 1.57. The summed E-state index contributed by atoms with van der Waals surface area (Å²) < 4.78 is 14.7. The number of hydrogen-bond acceptors (Lipinski definition) is 7. The number of aromatic nitrogens is 4. The normalized spacial score (nSPS) is 10.6. The predicted octanol–water partition coefficient (Wildman–Crippen LogP) is 2.46. The van der Waals surface area contributed by atoms with Gasteiger partial charge in [-0.1, -0.05) is 17.8 Å². The number of anilines is 1. The largest absolute Gasteiger partial charge is 0.315 e. The van der Waals surface area contributed by atoms with Crippen molar-refractivity contribution in [2.24, 2.45) is 0 Å². The third-order valence-corrected chi connectivity index (χ3v) is 4.54. The van der Waals surface area contributed by atoms with E-state index in [0.29, 0.717) is 16.5 Å². The molecule has 0 aliphatic carbocycles. The van der Waals surface area contributed by atoms with Crippen molar-refractivity contribution in [3.8, 4) is 5.69 Å². The van der Waals surface area contributed by atoms with Gasteiger partial charge in [-0.25, -0.2) is 4.39 Å². The molecule has 0 radical (unpaired) electrons. The van der Waals surface area contributed by atoms with Gasteiger partial charge >= 0.3 is 0 Å². The summed E-state index contributed by atoms with van der Waals surface area (Å²) in [6.07, 6.45) is 0. The highest BCUT2D eigenvalue weighted by Crippen LogP contribution is 2.22. The fourth-order valence-electron chi connectivity index (χ4n) is 2.20. The molecule has 11 heteroatoms. The van der Waals surface area contributed by atoms with Crippen LogP contribution in [-0.4, -0.2) is 43.8 Å². The number of halogens is 1. The molecule has 0 aliphatic rings. The summed E-state index contributed by atoms with van der Waals surface area (Å²) in [5.74, 6) is -0.640. The number of thioether (sulfide) groups is 1. The van der Waals surface area contributed by atoms with Gasteiger partial charge in [-0.2, -0.15) is 4.68 Å². The van der Waals surface area contributed by atoms with Crippen LogP contribution in [0.5, 0.6) is 0 Å². The highest BCUT2D eigenvalue weighted by Gasteiger charge is 2.16. The standard InChI is InChI=1S/C16H13FN6O3S/c1-21(12-5-7-13(8-6-12)23(25)26)15(24)10-27-16-18-19-20-22(16)14-4-2-3-11(17)9-14/h2-9H,10H2,1H3. The molecule has 2 aromatic carbocycles. The van der Waals surface area contributed by atoms with Gasteiger partial charge in [-0.3, -0.25) is 14.9 Å². The SMILES string of the molecule is CN(C(=O)CSc1nnnn1-c1cccc(F)c1)c1ccc([N+](=O)[O-])cc1. The molecule has 3 rings (SSSR count). The molecule has 1 amide bonds. The van der Waals surface area contributed by atoms with Gasteiger partial charge in [0.2, 0.25) is 11.1 Å². The number of tetrazole rings is 1. The summed E-state index contributed by atoms with van der Waals surface area (Å²) in [4.78, 5) is 24.0. The van der Waals surface area contributed by atoms with E-state index in [4.69, 9.17) is 0 Å². The van der Waals surface area contributed by atoms with Crippen molar-refractivity contribution in [3.63, 3.8) is 0 Å². The number of benzene rings is 2. The van der Waals surface area contributed by atoms with Crippen molar-refractivity contribution in [1.29, 1.82) is 0 Å². The van der Waals surface area contributed by atoms with Crippen LogP contribution in [0, 0.1) is 15.9 Å². The first-order valence-electron chi connectivity index (χ1n) is 7.64. The topological polar surface area (TPSA) is 107 Å². The number of carbonyl (C=O) groups excluding carboxylic acids is 1. The van der Waals surface area contributed by atoms with Crippen molar-refractivity contribution in [1.82, 2.24) is 20.2 Å².